The Morgan fingerprint density at radius 1 is 1.04 bits per heavy atom. The van der Waals surface area contributed by atoms with Crippen molar-refractivity contribution in [3.63, 3.8) is 0 Å². The van der Waals surface area contributed by atoms with Gasteiger partial charge in [-0.25, -0.2) is 9.36 Å². The fraction of sp³-hybridized carbons (Fsp3) is 0.250. The van der Waals surface area contributed by atoms with Gasteiger partial charge in [0, 0.05) is 11.6 Å². The molecule has 0 bridgehead atoms. The van der Waals surface area contributed by atoms with Crippen molar-refractivity contribution >= 4 is 16.8 Å². The summed E-state index contributed by atoms with van der Waals surface area (Å²) in [5, 5.41) is 3.38. The number of amides is 1. The van der Waals surface area contributed by atoms with Crippen LogP contribution in [0.25, 0.3) is 16.6 Å². The number of benzene rings is 2. The van der Waals surface area contributed by atoms with Crippen LogP contribution < -0.4 is 16.6 Å². The Bertz CT molecular complexity index is 1080. The van der Waals surface area contributed by atoms with E-state index < -0.39 is 11.2 Å². The average Bonchev–Trinajstić information content (AvgIpc) is 3.15. The highest BCUT2D eigenvalue weighted by Crippen LogP contribution is 2.18. The second kappa shape index (κ2) is 6.63. The Morgan fingerprint density at radius 3 is 2.50 bits per heavy atom. The molecule has 6 nitrogen and oxygen atoms in total. The highest BCUT2D eigenvalue weighted by atomic mass is 16.2. The molecule has 132 valence electrons. The lowest BCUT2D eigenvalue weighted by atomic mass is 10.1. The maximum absolute atomic E-state index is 12.8. The standard InChI is InChI=1S/C20H19N3O3/c24-18(21-14-6-4-5-7-14)13-10-11-16-17(12-13)22-20(26)23(19(16)25)15-8-2-1-3-9-15/h1-3,8-12,14H,4-7H2,(H,21,24)(H,22,26). The molecule has 1 aromatic heterocycles. The van der Waals surface area contributed by atoms with Crippen LogP contribution in [0.3, 0.4) is 0 Å². The molecule has 0 saturated heterocycles. The van der Waals surface area contributed by atoms with Crippen LogP contribution >= 0.6 is 0 Å². The number of hydrogen-bond acceptors (Lipinski definition) is 3. The molecule has 1 fully saturated rings. The zero-order valence-corrected chi connectivity index (χ0v) is 14.2. The van der Waals surface area contributed by atoms with E-state index >= 15 is 0 Å². The lowest BCUT2D eigenvalue weighted by Gasteiger charge is -2.12. The van der Waals surface area contributed by atoms with Gasteiger partial charge >= 0.3 is 5.69 Å². The molecule has 2 aromatic carbocycles. The SMILES string of the molecule is O=C(NC1CCCC1)c1ccc2c(=O)n(-c3ccccc3)c(=O)[nH]c2c1. The second-order valence-electron chi connectivity index (χ2n) is 6.62. The molecule has 0 atom stereocenters. The van der Waals surface area contributed by atoms with Crippen molar-refractivity contribution in [2.45, 2.75) is 31.7 Å². The van der Waals surface area contributed by atoms with Crippen molar-refractivity contribution in [3.05, 3.63) is 74.9 Å². The molecular formula is C20H19N3O3. The summed E-state index contributed by atoms with van der Waals surface area (Å²) in [6.07, 6.45) is 4.26. The third kappa shape index (κ3) is 2.94. The minimum atomic E-state index is -0.526. The van der Waals surface area contributed by atoms with Crippen molar-refractivity contribution in [3.8, 4) is 5.69 Å². The molecular weight excluding hydrogens is 330 g/mol. The predicted octanol–water partition coefficient (Wildman–Crippen LogP) is 2.35. The van der Waals surface area contributed by atoms with Gasteiger partial charge in [-0.3, -0.25) is 9.59 Å². The van der Waals surface area contributed by atoms with Crippen LogP contribution in [-0.4, -0.2) is 21.5 Å². The summed E-state index contributed by atoms with van der Waals surface area (Å²) < 4.78 is 1.10. The summed E-state index contributed by atoms with van der Waals surface area (Å²) in [6, 6.07) is 13.7. The second-order valence-corrected chi connectivity index (χ2v) is 6.62. The maximum atomic E-state index is 12.8. The summed E-state index contributed by atoms with van der Waals surface area (Å²) >= 11 is 0. The van der Waals surface area contributed by atoms with Crippen molar-refractivity contribution in [2.24, 2.45) is 0 Å². The van der Waals surface area contributed by atoms with Crippen molar-refractivity contribution in [2.75, 3.05) is 0 Å². The molecule has 4 rings (SSSR count). The monoisotopic (exact) mass is 349 g/mol. The summed E-state index contributed by atoms with van der Waals surface area (Å²) in [4.78, 5) is 40.3. The minimum absolute atomic E-state index is 0.174. The quantitative estimate of drug-likeness (QED) is 0.761. The minimum Gasteiger partial charge on any atom is -0.349 e. The van der Waals surface area contributed by atoms with Gasteiger partial charge in [-0.05, 0) is 43.2 Å². The van der Waals surface area contributed by atoms with E-state index in [0.717, 1.165) is 30.3 Å². The summed E-state index contributed by atoms with van der Waals surface area (Å²) in [5.74, 6) is -0.174. The van der Waals surface area contributed by atoms with Crippen LogP contribution in [0.4, 0.5) is 0 Å². The Balaban J connectivity index is 1.75. The molecule has 0 unspecified atom stereocenters. The highest BCUT2D eigenvalue weighted by molar-refractivity contribution is 5.97. The van der Waals surface area contributed by atoms with Crippen molar-refractivity contribution in [1.29, 1.82) is 0 Å². The molecule has 0 spiro atoms. The summed E-state index contributed by atoms with van der Waals surface area (Å²) in [5.41, 5.74) is 0.381. The molecule has 1 aliphatic carbocycles. The molecule has 1 heterocycles. The van der Waals surface area contributed by atoms with Crippen LogP contribution in [0, 0.1) is 0 Å². The van der Waals surface area contributed by atoms with E-state index in [1.165, 1.54) is 0 Å². The average molecular weight is 349 g/mol. The van der Waals surface area contributed by atoms with Crippen molar-refractivity contribution in [1.82, 2.24) is 14.9 Å². The van der Waals surface area contributed by atoms with E-state index in [9.17, 15) is 14.4 Å². The first-order chi connectivity index (χ1) is 12.6. The molecule has 0 aliphatic heterocycles. The van der Waals surface area contributed by atoms with Crippen LogP contribution in [0.5, 0.6) is 0 Å². The van der Waals surface area contributed by atoms with E-state index in [2.05, 4.69) is 10.3 Å². The van der Waals surface area contributed by atoms with E-state index in [1.807, 2.05) is 6.07 Å². The number of carbonyl (C=O) groups excluding carboxylic acids is 1. The highest BCUT2D eigenvalue weighted by Gasteiger charge is 2.18. The fourth-order valence-electron chi connectivity index (χ4n) is 3.51. The Labute approximate surface area is 149 Å². The van der Waals surface area contributed by atoms with Gasteiger partial charge in [0.05, 0.1) is 16.6 Å². The number of rotatable bonds is 3. The molecule has 6 heteroatoms. The van der Waals surface area contributed by atoms with E-state index in [4.69, 9.17) is 0 Å². The number of fused-ring (bicyclic) bond motifs is 1. The van der Waals surface area contributed by atoms with Gasteiger partial charge < -0.3 is 10.3 Å². The largest absolute Gasteiger partial charge is 0.349 e. The Kier molecular flexibility index (Phi) is 4.16. The molecule has 2 N–H and O–H groups in total. The van der Waals surface area contributed by atoms with Gasteiger partial charge in [0.15, 0.2) is 0 Å². The Hall–Kier alpha value is -3.15. The summed E-state index contributed by atoms with van der Waals surface area (Å²) in [7, 11) is 0. The van der Waals surface area contributed by atoms with Gasteiger partial charge in [0.2, 0.25) is 0 Å². The third-order valence-electron chi connectivity index (χ3n) is 4.86. The van der Waals surface area contributed by atoms with Crippen LogP contribution in [0.1, 0.15) is 36.0 Å². The third-order valence-corrected chi connectivity index (χ3v) is 4.86. The molecule has 1 aliphatic rings. The van der Waals surface area contributed by atoms with Gasteiger partial charge in [0.1, 0.15) is 0 Å². The first kappa shape index (κ1) is 16.3. The smallest absolute Gasteiger partial charge is 0.333 e. The van der Waals surface area contributed by atoms with Crippen LogP contribution in [-0.2, 0) is 0 Å². The number of H-pyrrole nitrogens is 1. The number of nitrogens with one attached hydrogen (secondary N) is 2. The fourth-order valence-corrected chi connectivity index (χ4v) is 3.51. The zero-order valence-electron chi connectivity index (χ0n) is 14.2. The topological polar surface area (TPSA) is 84.0 Å². The number of aromatic amines is 1. The number of aromatic nitrogens is 2. The first-order valence-electron chi connectivity index (χ1n) is 8.79. The number of para-hydroxylation sites is 1. The lowest BCUT2D eigenvalue weighted by Crippen LogP contribution is -2.34. The summed E-state index contributed by atoms with van der Waals surface area (Å²) in [6.45, 7) is 0. The number of hydrogen-bond donors (Lipinski definition) is 2. The molecule has 0 radical (unpaired) electrons. The van der Waals surface area contributed by atoms with Gasteiger partial charge in [-0.15, -0.1) is 0 Å². The van der Waals surface area contributed by atoms with Crippen LogP contribution in [0.15, 0.2) is 58.1 Å². The molecule has 1 amide bonds. The number of nitrogens with zero attached hydrogens (tertiary/aromatic N) is 1. The van der Waals surface area contributed by atoms with Gasteiger partial charge in [0.25, 0.3) is 11.5 Å². The predicted molar refractivity (Wildman–Crippen MR) is 99.9 cm³/mol. The van der Waals surface area contributed by atoms with E-state index in [1.54, 1.807) is 42.5 Å². The zero-order chi connectivity index (χ0) is 18.1. The first-order valence-corrected chi connectivity index (χ1v) is 8.79. The van der Waals surface area contributed by atoms with Gasteiger partial charge in [-0.2, -0.15) is 0 Å². The van der Waals surface area contributed by atoms with Gasteiger partial charge in [-0.1, -0.05) is 31.0 Å². The lowest BCUT2D eigenvalue weighted by molar-refractivity contribution is 0.0938. The maximum Gasteiger partial charge on any atom is 0.333 e. The van der Waals surface area contributed by atoms with Crippen molar-refractivity contribution < 1.29 is 4.79 Å². The van der Waals surface area contributed by atoms with E-state index in [0.29, 0.717) is 22.2 Å². The molecule has 1 saturated carbocycles. The Morgan fingerprint density at radius 2 is 1.77 bits per heavy atom. The van der Waals surface area contributed by atoms with E-state index in [-0.39, 0.29) is 11.9 Å². The molecule has 26 heavy (non-hydrogen) atoms. The molecule has 3 aromatic rings. The van der Waals surface area contributed by atoms with Crippen LogP contribution in [0.2, 0.25) is 0 Å². The normalized spacial score (nSPS) is 14.6. The number of carbonyl (C=O) groups is 1.